The Bertz CT molecular complexity index is 527. The van der Waals surface area contributed by atoms with E-state index in [9.17, 15) is 0 Å². The summed E-state index contributed by atoms with van der Waals surface area (Å²) < 4.78 is 1.21. The maximum Gasteiger partial charge on any atom is 0.0701 e. The van der Waals surface area contributed by atoms with Gasteiger partial charge in [-0.3, -0.25) is 0 Å². The number of benzene rings is 1. The van der Waals surface area contributed by atoms with E-state index in [2.05, 4.69) is 81.9 Å². The predicted molar refractivity (Wildman–Crippen MR) is 95.8 cm³/mol. The van der Waals surface area contributed by atoms with Gasteiger partial charge in [0.1, 0.15) is 0 Å². The molecule has 4 heteroatoms. The molecule has 1 N–H and O–H groups in total. The van der Waals surface area contributed by atoms with E-state index in [-0.39, 0.29) is 0 Å². The fraction of sp³-hybridized carbons (Fsp3) is 0.412. The summed E-state index contributed by atoms with van der Waals surface area (Å²) in [6.45, 7) is 5.26. The quantitative estimate of drug-likeness (QED) is 0.729. The molecular formula is C17H23BrN2S. The zero-order valence-corrected chi connectivity index (χ0v) is 15.1. The lowest BCUT2D eigenvalue weighted by Crippen LogP contribution is -2.27. The Morgan fingerprint density at radius 2 is 2.05 bits per heavy atom. The highest BCUT2D eigenvalue weighted by Crippen LogP contribution is 2.22. The molecule has 0 spiro atoms. The van der Waals surface area contributed by atoms with Gasteiger partial charge in [0.2, 0.25) is 0 Å². The van der Waals surface area contributed by atoms with Crippen molar-refractivity contribution < 1.29 is 0 Å². The zero-order valence-electron chi connectivity index (χ0n) is 12.7. The number of hydrogen-bond donors (Lipinski definition) is 1. The molecule has 0 amide bonds. The number of rotatable bonds is 8. The summed E-state index contributed by atoms with van der Waals surface area (Å²) in [6.07, 6.45) is 1.12. The summed E-state index contributed by atoms with van der Waals surface area (Å²) in [5, 5.41) is 5.81. The lowest BCUT2D eigenvalue weighted by atomic mass is 10.0. The van der Waals surface area contributed by atoms with E-state index in [1.807, 2.05) is 0 Å². The Hall–Kier alpha value is -0.680. The van der Waals surface area contributed by atoms with Gasteiger partial charge in [-0.15, -0.1) is 11.3 Å². The van der Waals surface area contributed by atoms with Crippen LogP contribution in [0.15, 0.2) is 45.6 Å². The van der Waals surface area contributed by atoms with Crippen LogP contribution in [-0.2, 0) is 6.54 Å². The molecule has 2 aromatic rings. The fourth-order valence-corrected chi connectivity index (χ4v) is 3.69. The molecule has 0 aliphatic carbocycles. The summed E-state index contributed by atoms with van der Waals surface area (Å²) in [7, 11) is 2.19. The Morgan fingerprint density at radius 3 is 2.67 bits per heavy atom. The second kappa shape index (κ2) is 8.69. The van der Waals surface area contributed by atoms with Crippen LogP contribution in [0.2, 0.25) is 0 Å². The van der Waals surface area contributed by atoms with E-state index in [1.54, 1.807) is 11.3 Å². The number of hydrogen-bond acceptors (Lipinski definition) is 3. The van der Waals surface area contributed by atoms with Crippen molar-refractivity contribution >= 4 is 27.3 Å². The van der Waals surface area contributed by atoms with Gasteiger partial charge in [-0.05, 0) is 65.1 Å². The van der Waals surface area contributed by atoms with Crippen LogP contribution >= 0.6 is 27.3 Å². The Labute approximate surface area is 140 Å². The number of thiophene rings is 1. The molecule has 0 saturated carbocycles. The molecule has 1 aromatic heterocycles. The fourth-order valence-electron chi connectivity index (χ4n) is 2.49. The van der Waals surface area contributed by atoms with Crippen molar-refractivity contribution in [1.82, 2.24) is 10.2 Å². The maximum absolute atomic E-state index is 3.59. The van der Waals surface area contributed by atoms with Gasteiger partial charge in [0, 0.05) is 12.6 Å². The molecule has 1 unspecified atom stereocenters. The third-order valence-corrected chi connectivity index (χ3v) is 5.08. The van der Waals surface area contributed by atoms with Gasteiger partial charge in [0.25, 0.3) is 0 Å². The van der Waals surface area contributed by atoms with Gasteiger partial charge in [0.15, 0.2) is 0 Å². The van der Waals surface area contributed by atoms with Gasteiger partial charge < -0.3 is 10.2 Å². The third-order valence-electron chi connectivity index (χ3n) is 3.53. The Balaban J connectivity index is 1.86. The second-order valence-corrected chi connectivity index (χ2v) is 7.60. The molecular weight excluding hydrogens is 344 g/mol. The van der Waals surface area contributed by atoms with Gasteiger partial charge >= 0.3 is 0 Å². The summed E-state index contributed by atoms with van der Waals surface area (Å²) >= 11 is 5.28. The molecule has 0 fully saturated rings. The molecule has 114 valence electrons. The van der Waals surface area contributed by atoms with Gasteiger partial charge in [0.05, 0.1) is 3.79 Å². The minimum atomic E-state index is 0.438. The van der Waals surface area contributed by atoms with Gasteiger partial charge in [-0.1, -0.05) is 37.3 Å². The molecule has 21 heavy (non-hydrogen) atoms. The first-order valence-corrected chi connectivity index (χ1v) is 9.06. The minimum absolute atomic E-state index is 0.438. The van der Waals surface area contributed by atoms with Gasteiger partial charge in [-0.2, -0.15) is 0 Å². The Morgan fingerprint density at radius 1 is 1.29 bits per heavy atom. The SMILES string of the molecule is CCNC(CCN(C)Cc1csc(Br)c1)c1ccccc1. The molecule has 0 bridgehead atoms. The van der Waals surface area contributed by atoms with E-state index >= 15 is 0 Å². The van der Waals surface area contributed by atoms with Crippen LogP contribution in [0.3, 0.4) is 0 Å². The molecule has 1 atom stereocenters. The first-order valence-electron chi connectivity index (χ1n) is 7.38. The third kappa shape index (κ3) is 5.55. The van der Waals surface area contributed by atoms with Crippen molar-refractivity contribution in [3.8, 4) is 0 Å². The average Bonchev–Trinajstić information content (AvgIpc) is 2.89. The van der Waals surface area contributed by atoms with Crippen molar-refractivity contribution in [2.75, 3.05) is 20.1 Å². The average molecular weight is 367 g/mol. The van der Waals surface area contributed by atoms with E-state index in [4.69, 9.17) is 0 Å². The van der Waals surface area contributed by atoms with Gasteiger partial charge in [-0.25, -0.2) is 0 Å². The maximum atomic E-state index is 3.59. The van der Waals surface area contributed by atoms with E-state index in [1.165, 1.54) is 14.9 Å². The van der Waals surface area contributed by atoms with Crippen LogP contribution in [-0.4, -0.2) is 25.0 Å². The standard InChI is InChI=1S/C17H23BrN2S/c1-3-19-16(15-7-5-4-6-8-15)9-10-20(2)12-14-11-17(18)21-13-14/h4-8,11,13,16,19H,3,9-10,12H2,1-2H3. The molecule has 2 nitrogen and oxygen atoms in total. The molecule has 2 rings (SSSR count). The van der Waals surface area contributed by atoms with Crippen LogP contribution in [0.1, 0.15) is 30.5 Å². The van der Waals surface area contributed by atoms with Crippen molar-refractivity contribution in [2.45, 2.75) is 25.9 Å². The molecule has 1 heterocycles. The van der Waals surface area contributed by atoms with E-state index in [0.717, 1.165) is 26.1 Å². The number of nitrogens with one attached hydrogen (secondary N) is 1. The van der Waals surface area contributed by atoms with Crippen LogP contribution < -0.4 is 5.32 Å². The zero-order chi connectivity index (χ0) is 15.1. The molecule has 0 radical (unpaired) electrons. The summed E-state index contributed by atoms with van der Waals surface area (Å²) in [4.78, 5) is 2.39. The molecule has 0 saturated heterocycles. The lowest BCUT2D eigenvalue weighted by Gasteiger charge is -2.22. The lowest BCUT2D eigenvalue weighted by molar-refractivity contribution is 0.302. The first kappa shape index (κ1) is 16.7. The first-order chi connectivity index (χ1) is 10.2. The predicted octanol–water partition coefficient (Wildman–Crippen LogP) is 4.68. The number of nitrogens with zero attached hydrogens (tertiary/aromatic N) is 1. The topological polar surface area (TPSA) is 15.3 Å². The largest absolute Gasteiger partial charge is 0.310 e. The van der Waals surface area contributed by atoms with Crippen LogP contribution in [0.5, 0.6) is 0 Å². The second-order valence-electron chi connectivity index (χ2n) is 5.31. The number of halogens is 1. The highest BCUT2D eigenvalue weighted by Gasteiger charge is 2.11. The van der Waals surface area contributed by atoms with Crippen LogP contribution in [0.4, 0.5) is 0 Å². The monoisotopic (exact) mass is 366 g/mol. The van der Waals surface area contributed by atoms with Crippen molar-refractivity contribution in [1.29, 1.82) is 0 Å². The van der Waals surface area contributed by atoms with E-state index in [0.29, 0.717) is 6.04 Å². The van der Waals surface area contributed by atoms with Crippen molar-refractivity contribution in [2.24, 2.45) is 0 Å². The normalized spacial score (nSPS) is 12.8. The summed E-state index contributed by atoms with van der Waals surface area (Å²) in [5.41, 5.74) is 2.76. The highest BCUT2D eigenvalue weighted by atomic mass is 79.9. The summed E-state index contributed by atoms with van der Waals surface area (Å²) in [5.74, 6) is 0. The van der Waals surface area contributed by atoms with E-state index < -0.39 is 0 Å². The van der Waals surface area contributed by atoms with Crippen molar-refractivity contribution in [3.05, 3.63) is 56.7 Å². The van der Waals surface area contributed by atoms with Crippen molar-refractivity contribution in [3.63, 3.8) is 0 Å². The van der Waals surface area contributed by atoms with Crippen LogP contribution in [0.25, 0.3) is 0 Å². The Kier molecular flexibility index (Phi) is 6.90. The summed E-state index contributed by atoms with van der Waals surface area (Å²) in [6, 6.07) is 13.4. The molecule has 0 aliphatic rings. The highest BCUT2D eigenvalue weighted by molar-refractivity contribution is 9.11. The minimum Gasteiger partial charge on any atom is -0.310 e. The smallest absolute Gasteiger partial charge is 0.0701 e. The molecule has 0 aliphatic heterocycles. The van der Waals surface area contributed by atoms with Crippen LogP contribution in [0, 0.1) is 0 Å². The molecule has 1 aromatic carbocycles.